The number of hydrogen-bond donors (Lipinski definition) is 2. The minimum atomic E-state index is -4.80. The van der Waals surface area contributed by atoms with E-state index in [9.17, 15) is 22.8 Å². The van der Waals surface area contributed by atoms with Crippen LogP contribution in [0.5, 0.6) is 0 Å². The van der Waals surface area contributed by atoms with Gasteiger partial charge in [0.15, 0.2) is 0 Å². The van der Waals surface area contributed by atoms with Gasteiger partial charge in [-0.1, -0.05) is 35.4 Å². The van der Waals surface area contributed by atoms with Crippen LogP contribution in [0.3, 0.4) is 0 Å². The summed E-state index contributed by atoms with van der Waals surface area (Å²) in [6, 6.07) is 4.15. The third-order valence-electron chi connectivity index (χ3n) is 5.80. The molecule has 3 aromatic rings. The van der Waals surface area contributed by atoms with Gasteiger partial charge in [0, 0.05) is 5.02 Å². The lowest BCUT2D eigenvalue weighted by Crippen LogP contribution is -2.22. The van der Waals surface area contributed by atoms with E-state index in [1.807, 2.05) is 13.0 Å². The minimum Gasteiger partial charge on any atom is -0.366 e. The number of anilines is 1. The molecule has 39 heavy (non-hydrogen) atoms. The van der Waals surface area contributed by atoms with Crippen molar-refractivity contribution in [3.63, 3.8) is 0 Å². The molecule has 2 amide bonds. The number of nitrogens with one attached hydrogen (secondary N) is 1. The molecular formula is C24H21Cl2F3N8O2. The van der Waals surface area contributed by atoms with Crippen LogP contribution >= 0.6 is 23.2 Å². The number of rotatable bonds is 6. The number of alkyl halides is 3. The number of amides is 2. The first kappa shape index (κ1) is 28.0. The van der Waals surface area contributed by atoms with E-state index < -0.39 is 30.4 Å². The molecule has 1 aliphatic rings. The quantitative estimate of drug-likeness (QED) is 0.423. The van der Waals surface area contributed by atoms with E-state index in [1.165, 1.54) is 22.9 Å². The monoisotopic (exact) mass is 580 g/mol. The lowest BCUT2D eigenvalue weighted by molar-refractivity contribution is -0.147. The lowest BCUT2D eigenvalue weighted by Gasteiger charge is -2.17. The zero-order valence-corrected chi connectivity index (χ0v) is 22.1. The van der Waals surface area contributed by atoms with Crippen LogP contribution in [-0.4, -0.2) is 41.8 Å². The van der Waals surface area contributed by atoms with Crippen molar-refractivity contribution >= 4 is 46.4 Å². The largest absolute Gasteiger partial charge is 0.453 e. The Balaban J connectivity index is 1.84. The fourth-order valence-electron chi connectivity index (χ4n) is 4.02. The van der Waals surface area contributed by atoms with Crippen LogP contribution in [0, 0.1) is 6.92 Å². The van der Waals surface area contributed by atoms with Gasteiger partial charge in [0.25, 0.3) is 17.6 Å². The standard InChI is InChI=1S/C24H21Cl2F3N8O2/c1-12-6-4-3-5-7-17(26)20(12)37-18(10-15(33-37)11-36-23(24(27,28)29)32-34-35-36)22(39)31-19-13(2)8-14(25)9-16(19)21(30)38/h3,5,7-10H,4,6,11H2,1-2H3,(H2,30,38)(H,31,39). The van der Waals surface area contributed by atoms with E-state index in [0.29, 0.717) is 28.8 Å². The molecule has 0 atom stereocenters. The number of nitrogens with two attached hydrogens (primary N) is 1. The van der Waals surface area contributed by atoms with Crippen LogP contribution < -0.4 is 11.1 Å². The average Bonchev–Trinajstić information content (AvgIpc) is 3.47. The third-order valence-corrected chi connectivity index (χ3v) is 6.32. The van der Waals surface area contributed by atoms with Gasteiger partial charge >= 0.3 is 6.18 Å². The summed E-state index contributed by atoms with van der Waals surface area (Å²) in [5.74, 6) is -2.87. The molecule has 0 saturated heterocycles. The summed E-state index contributed by atoms with van der Waals surface area (Å²) in [7, 11) is 0. The number of tetrazole rings is 1. The maximum atomic E-state index is 13.6. The number of hydrogen-bond acceptors (Lipinski definition) is 6. The smallest absolute Gasteiger partial charge is 0.366 e. The number of primary amides is 1. The maximum absolute atomic E-state index is 13.6. The number of halogens is 5. The van der Waals surface area contributed by atoms with Crippen molar-refractivity contribution in [1.29, 1.82) is 0 Å². The Morgan fingerprint density at radius 2 is 1.92 bits per heavy atom. The topological polar surface area (TPSA) is 134 Å². The first-order valence-corrected chi connectivity index (χ1v) is 12.2. The number of aryl methyl sites for hydroxylation is 1. The van der Waals surface area contributed by atoms with Crippen LogP contribution in [0.4, 0.5) is 18.9 Å². The number of carbonyl (C=O) groups excluding carboxylic acids is 2. The van der Waals surface area contributed by atoms with E-state index in [2.05, 4.69) is 25.9 Å². The summed E-state index contributed by atoms with van der Waals surface area (Å²) in [5, 5.41) is 17.1. The van der Waals surface area contributed by atoms with Crippen molar-refractivity contribution in [1.82, 2.24) is 30.0 Å². The Morgan fingerprint density at radius 3 is 2.62 bits per heavy atom. The zero-order chi connectivity index (χ0) is 28.5. The predicted octanol–water partition coefficient (Wildman–Crippen LogP) is 4.95. The van der Waals surface area contributed by atoms with Crippen LogP contribution in [0.15, 0.2) is 47.0 Å². The maximum Gasteiger partial charge on any atom is 0.453 e. The van der Waals surface area contributed by atoms with Gasteiger partial charge in [-0.2, -0.15) is 18.3 Å². The van der Waals surface area contributed by atoms with Crippen LogP contribution in [0.2, 0.25) is 5.02 Å². The average molecular weight is 581 g/mol. The highest BCUT2D eigenvalue weighted by atomic mass is 35.5. The van der Waals surface area contributed by atoms with Crippen molar-refractivity contribution in [3.05, 3.63) is 80.4 Å². The fraction of sp³-hybridized carbons (Fsp3) is 0.250. The highest BCUT2D eigenvalue weighted by Crippen LogP contribution is 2.32. The van der Waals surface area contributed by atoms with Gasteiger partial charge in [-0.05, 0) is 72.5 Å². The molecule has 0 radical (unpaired) electrons. The molecule has 3 N–H and O–H groups in total. The van der Waals surface area contributed by atoms with E-state index >= 15 is 0 Å². The molecule has 4 rings (SSSR count). The number of allylic oxidation sites excluding steroid dienone is 6. The zero-order valence-electron chi connectivity index (χ0n) is 20.6. The van der Waals surface area contributed by atoms with Gasteiger partial charge in [0.05, 0.1) is 34.2 Å². The molecular weight excluding hydrogens is 560 g/mol. The molecule has 204 valence electrons. The van der Waals surface area contributed by atoms with Crippen molar-refractivity contribution in [2.24, 2.45) is 5.73 Å². The first-order valence-electron chi connectivity index (χ1n) is 11.4. The van der Waals surface area contributed by atoms with Gasteiger partial charge < -0.3 is 11.1 Å². The van der Waals surface area contributed by atoms with Crippen molar-refractivity contribution < 1.29 is 22.8 Å². The molecule has 1 aliphatic carbocycles. The SMILES string of the molecule is CC1=C(n2nc(Cn3nnnc3C(F)(F)F)cc2C(=O)Nc2c(C)cc(Cl)cc2C(N)=O)C(Cl)=CC=CCC1. The Bertz CT molecular complexity index is 1550. The van der Waals surface area contributed by atoms with Crippen LogP contribution in [0.1, 0.15) is 57.7 Å². The Hall–Kier alpha value is -3.97. The third kappa shape index (κ3) is 6.04. The molecule has 0 fully saturated rings. The van der Waals surface area contributed by atoms with E-state index in [0.717, 1.165) is 5.57 Å². The summed E-state index contributed by atoms with van der Waals surface area (Å²) in [4.78, 5) is 25.7. The van der Waals surface area contributed by atoms with Gasteiger partial charge in [-0.25, -0.2) is 9.36 Å². The minimum absolute atomic E-state index is 0.0208. The molecule has 0 spiro atoms. The second kappa shape index (κ2) is 11.0. The second-order valence-electron chi connectivity index (χ2n) is 8.66. The molecule has 0 saturated carbocycles. The van der Waals surface area contributed by atoms with E-state index in [-0.39, 0.29) is 32.7 Å². The molecule has 2 heterocycles. The van der Waals surface area contributed by atoms with Crippen LogP contribution in [0.25, 0.3) is 5.70 Å². The first-order chi connectivity index (χ1) is 18.4. The molecule has 0 aliphatic heterocycles. The van der Waals surface area contributed by atoms with Gasteiger partial charge in [0.1, 0.15) is 5.69 Å². The number of aromatic nitrogens is 6. The molecule has 10 nitrogen and oxygen atoms in total. The van der Waals surface area contributed by atoms with Gasteiger partial charge in [0.2, 0.25) is 0 Å². The number of carbonyl (C=O) groups is 2. The van der Waals surface area contributed by atoms with E-state index in [1.54, 1.807) is 19.1 Å². The Morgan fingerprint density at radius 1 is 1.18 bits per heavy atom. The molecule has 15 heteroatoms. The molecule has 1 aromatic carbocycles. The Labute approximate surface area is 229 Å². The van der Waals surface area contributed by atoms with Crippen LogP contribution in [-0.2, 0) is 12.7 Å². The number of benzene rings is 1. The van der Waals surface area contributed by atoms with Crippen molar-refractivity contribution in [2.75, 3.05) is 5.32 Å². The van der Waals surface area contributed by atoms with Crippen molar-refractivity contribution in [2.45, 2.75) is 39.4 Å². The summed E-state index contributed by atoms with van der Waals surface area (Å²) in [6.07, 6.45) is 1.78. The van der Waals surface area contributed by atoms with Gasteiger partial charge in [-0.3, -0.25) is 9.59 Å². The summed E-state index contributed by atoms with van der Waals surface area (Å²) in [5.41, 5.74) is 7.20. The normalized spacial score (nSPS) is 14.2. The highest BCUT2D eigenvalue weighted by Gasteiger charge is 2.38. The lowest BCUT2D eigenvalue weighted by atomic mass is 10.1. The highest BCUT2D eigenvalue weighted by molar-refractivity contribution is 6.36. The Kier molecular flexibility index (Phi) is 7.93. The van der Waals surface area contributed by atoms with Gasteiger partial charge in [-0.15, -0.1) is 5.10 Å². The summed E-state index contributed by atoms with van der Waals surface area (Å²) < 4.78 is 41.8. The van der Waals surface area contributed by atoms with Crippen molar-refractivity contribution in [3.8, 4) is 0 Å². The molecule has 0 unspecified atom stereocenters. The fourth-order valence-corrected chi connectivity index (χ4v) is 4.61. The molecule has 2 aromatic heterocycles. The molecule has 0 bridgehead atoms. The number of nitrogens with zero attached hydrogens (tertiary/aromatic N) is 6. The summed E-state index contributed by atoms with van der Waals surface area (Å²) in [6.45, 7) is 2.95. The second-order valence-corrected chi connectivity index (χ2v) is 9.51. The summed E-state index contributed by atoms with van der Waals surface area (Å²) >= 11 is 12.6. The predicted molar refractivity (Wildman–Crippen MR) is 138 cm³/mol. The van der Waals surface area contributed by atoms with E-state index in [4.69, 9.17) is 28.9 Å².